The molecule has 0 saturated carbocycles. The number of carbonyl (C=O) groups excluding carboxylic acids is 3. The number of carbonyl (C=O) groups is 3. The van der Waals surface area contributed by atoms with Crippen molar-refractivity contribution in [3.05, 3.63) is 64.7 Å². The second-order valence-electron chi connectivity index (χ2n) is 10.8. The molecule has 2 atom stereocenters. The number of amides is 4. The molecule has 3 heterocycles. The van der Waals surface area contributed by atoms with Crippen LogP contribution in [0.3, 0.4) is 0 Å². The first-order valence-electron chi connectivity index (χ1n) is 13.4. The highest BCUT2D eigenvalue weighted by Crippen LogP contribution is 2.45. The number of halogens is 1. The van der Waals surface area contributed by atoms with E-state index in [9.17, 15) is 14.4 Å². The topological polar surface area (TPSA) is 73.0 Å². The summed E-state index contributed by atoms with van der Waals surface area (Å²) in [6.45, 7) is 6.76. The van der Waals surface area contributed by atoms with Gasteiger partial charge in [0.2, 0.25) is 11.8 Å². The van der Waals surface area contributed by atoms with Crippen molar-refractivity contribution in [3.63, 3.8) is 0 Å². The molecule has 0 aliphatic carbocycles. The van der Waals surface area contributed by atoms with Crippen LogP contribution in [0.15, 0.2) is 48.5 Å². The van der Waals surface area contributed by atoms with Crippen molar-refractivity contribution in [2.24, 2.45) is 5.92 Å². The molecule has 9 heteroatoms. The third-order valence-electron chi connectivity index (χ3n) is 7.72. The molecule has 3 aliphatic rings. The maximum absolute atomic E-state index is 13.4. The van der Waals surface area contributed by atoms with Gasteiger partial charge in [-0.25, -0.2) is 4.79 Å². The van der Waals surface area contributed by atoms with Crippen LogP contribution in [0.25, 0.3) is 0 Å². The number of thioether (sulfide) groups is 1. The van der Waals surface area contributed by atoms with Gasteiger partial charge in [-0.15, -0.1) is 11.8 Å². The molecule has 0 aromatic heterocycles. The zero-order valence-corrected chi connectivity index (χ0v) is 23.5. The summed E-state index contributed by atoms with van der Waals surface area (Å²) in [6, 6.07) is 15.5. The molecule has 38 heavy (non-hydrogen) atoms. The molecular formula is C29H35ClN4O3S. The van der Waals surface area contributed by atoms with Gasteiger partial charge in [-0.1, -0.05) is 55.8 Å². The average molecular weight is 555 g/mol. The summed E-state index contributed by atoms with van der Waals surface area (Å²) in [7, 11) is 0. The number of anilines is 1. The molecule has 0 bridgehead atoms. The Morgan fingerprint density at radius 3 is 2.50 bits per heavy atom. The van der Waals surface area contributed by atoms with Crippen LogP contribution in [0.1, 0.15) is 56.0 Å². The first-order valence-corrected chi connectivity index (χ1v) is 14.8. The lowest BCUT2D eigenvalue weighted by molar-refractivity contribution is -0.137. The van der Waals surface area contributed by atoms with Gasteiger partial charge in [0.05, 0.1) is 5.25 Å². The van der Waals surface area contributed by atoms with E-state index in [1.54, 1.807) is 11.8 Å². The van der Waals surface area contributed by atoms with Crippen molar-refractivity contribution in [2.75, 3.05) is 25.0 Å². The molecule has 2 aromatic rings. The minimum atomic E-state index is -0.391. The van der Waals surface area contributed by atoms with Crippen molar-refractivity contribution >= 4 is 46.9 Å². The average Bonchev–Trinajstić information content (AvgIpc) is 3.22. The summed E-state index contributed by atoms with van der Waals surface area (Å²) in [6.07, 6.45) is 2.59. The van der Waals surface area contributed by atoms with Crippen LogP contribution in [-0.2, 0) is 16.1 Å². The number of urea groups is 1. The van der Waals surface area contributed by atoms with Crippen molar-refractivity contribution < 1.29 is 14.4 Å². The van der Waals surface area contributed by atoms with E-state index in [0.717, 1.165) is 36.1 Å². The third kappa shape index (κ3) is 5.81. The molecule has 4 amide bonds. The number of likely N-dealkylation sites (tertiary alicyclic amines) is 1. The number of para-hydroxylation sites is 1. The standard InChI is InChI=1S/C29H35ClN4O3S/c1-19(2)11-16-33-27(36)25(38-28(33)20-7-9-22(30)10-8-20)17-26(35)32-14-12-23(13-15-32)34-18-21-5-3-4-6-24(21)31-29(34)37/h3-10,19,23,25,28H,11-18H2,1-2H3,(H,31,37). The summed E-state index contributed by atoms with van der Waals surface area (Å²) < 4.78 is 0. The van der Waals surface area contributed by atoms with Gasteiger partial charge in [-0.05, 0) is 54.5 Å². The number of hydrogen-bond acceptors (Lipinski definition) is 4. The Morgan fingerprint density at radius 1 is 1.08 bits per heavy atom. The van der Waals surface area contributed by atoms with E-state index in [4.69, 9.17) is 11.6 Å². The van der Waals surface area contributed by atoms with Crippen LogP contribution < -0.4 is 5.32 Å². The predicted octanol–water partition coefficient (Wildman–Crippen LogP) is 5.76. The summed E-state index contributed by atoms with van der Waals surface area (Å²) in [4.78, 5) is 45.2. The van der Waals surface area contributed by atoms with Crippen molar-refractivity contribution in [2.45, 2.75) is 62.7 Å². The van der Waals surface area contributed by atoms with E-state index in [1.807, 2.05) is 63.2 Å². The normalized spacial score (nSPS) is 22.2. The smallest absolute Gasteiger partial charge is 0.322 e. The number of hydrogen-bond donors (Lipinski definition) is 1. The first-order chi connectivity index (χ1) is 18.3. The van der Waals surface area contributed by atoms with Gasteiger partial charge in [-0.2, -0.15) is 0 Å². The first kappa shape index (κ1) is 26.9. The number of rotatable bonds is 7. The van der Waals surface area contributed by atoms with Crippen LogP contribution in [0, 0.1) is 5.92 Å². The molecule has 5 rings (SSSR count). The van der Waals surface area contributed by atoms with Gasteiger partial charge in [0, 0.05) is 49.4 Å². The SMILES string of the molecule is CC(C)CCN1C(=O)C(CC(=O)N2CCC(N3Cc4ccccc4NC3=O)CC2)SC1c1ccc(Cl)cc1. The van der Waals surface area contributed by atoms with E-state index in [1.165, 1.54) is 0 Å². The van der Waals surface area contributed by atoms with Crippen LogP contribution >= 0.6 is 23.4 Å². The van der Waals surface area contributed by atoms with Gasteiger partial charge in [-0.3, -0.25) is 9.59 Å². The van der Waals surface area contributed by atoms with Gasteiger partial charge in [0.15, 0.2) is 0 Å². The zero-order chi connectivity index (χ0) is 26.8. The lowest BCUT2D eigenvalue weighted by Crippen LogP contribution is -2.51. The lowest BCUT2D eigenvalue weighted by atomic mass is 10.0. The summed E-state index contributed by atoms with van der Waals surface area (Å²) in [5.41, 5.74) is 3.02. The second kappa shape index (κ2) is 11.6. The number of nitrogens with one attached hydrogen (secondary N) is 1. The summed E-state index contributed by atoms with van der Waals surface area (Å²) >= 11 is 7.67. The Balaban J connectivity index is 1.19. The molecule has 0 radical (unpaired) electrons. The van der Waals surface area contributed by atoms with E-state index in [-0.39, 0.29) is 35.7 Å². The fraction of sp³-hybridized carbons (Fsp3) is 0.483. The van der Waals surface area contributed by atoms with E-state index in [2.05, 4.69) is 19.2 Å². The molecular weight excluding hydrogens is 520 g/mol. The quantitative estimate of drug-likeness (QED) is 0.472. The molecule has 7 nitrogen and oxygen atoms in total. The lowest BCUT2D eigenvalue weighted by Gasteiger charge is -2.40. The maximum Gasteiger partial charge on any atom is 0.322 e. The Kier molecular flexibility index (Phi) is 8.19. The molecule has 3 aliphatic heterocycles. The molecule has 2 unspecified atom stereocenters. The number of fused-ring (bicyclic) bond motifs is 1. The maximum atomic E-state index is 13.4. The van der Waals surface area contributed by atoms with Crippen molar-refractivity contribution in [3.8, 4) is 0 Å². The fourth-order valence-electron chi connectivity index (χ4n) is 5.47. The monoisotopic (exact) mass is 554 g/mol. The minimum absolute atomic E-state index is 0.0170. The van der Waals surface area contributed by atoms with Crippen LogP contribution in [-0.4, -0.2) is 63.5 Å². The van der Waals surface area contributed by atoms with Crippen molar-refractivity contribution in [1.82, 2.24) is 14.7 Å². The highest BCUT2D eigenvalue weighted by molar-refractivity contribution is 8.01. The molecule has 2 aromatic carbocycles. The van der Waals surface area contributed by atoms with Crippen LogP contribution in [0.2, 0.25) is 5.02 Å². The molecule has 202 valence electrons. The molecule has 1 N–H and O–H groups in total. The minimum Gasteiger partial charge on any atom is -0.342 e. The van der Waals surface area contributed by atoms with E-state index >= 15 is 0 Å². The van der Waals surface area contributed by atoms with E-state index in [0.29, 0.717) is 37.1 Å². The Hall–Kier alpha value is -2.71. The highest BCUT2D eigenvalue weighted by atomic mass is 35.5. The Labute approximate surface area is 233 Å². The number of benzene rings is 2. The van der Waals surface area contributed by atoms with Gasteiger partial charge >= 0.3 is 6.03 Å². The molecule has 0 spiro atoms. The molecule has 2 saturated heterocycles. The third-order valence-corrected chi connectivity index (χ3v) is 9.45. The van der Waals surface area contributed by atoms with Gasteiger partial charge < -0.3 is 20.0 Å². The van der Waals surface area contributed by atoms with E-state index < -0.39 is 5.25 Å². The van der Waals surface area contributed by atoms with Crippen LogP contribution in [0.5, 0.6) is 0 Å². The molecule has 2 fully saturated rings. The van der Waals surface area contributed by atoms with Gasteiger partial charge in [0.1, 0.15) is 5.37 Å². The number of nitrogens with zero attached hydrogens (tertiary/aromatic N) is 3. The Bertz CT molecular complexity index is 1180. The predicted molar refractivity (Wildman–Crippen MR) is 152 cm³/mol. The number of piperidine rings is 1. The van der Waals surface area contributed by atoms with Crippen LogP contribution in [0.4, 0.5) is 10.5 Å². The van der Waals surface area contributed by atoms with Crippen molar-refractivity contribution in [1.29, 1.82) is 0 Å². The summed E-state index contributed by atoms with van der Waals surface area (Å²) in [5, 5.41) is 3.16. The fourth-order valence-corrected chi connectivity index (χ4v) is 7.06. The second-order valence-corrected chi connectivity index (χ2v) is 12.5. The zero-order valence-electron chi connectivity index (χ0n) is 21.9. The highest BCUT2D eigenvalue weighted by Gasteiger charge is 2.42. The largest absolute Gasteiger partial charge is 0.342 e. The van der Waals surface area contributed by atoms with Gasteiger partial charge in [0.25, 0.3) is 0 Å². The Morgan fingerprint density at radius 2 is 1.79 bits per heavy atom. The summed E-state index contributed by atoms with van der Waals surface area (Å²) in [5.74, 6) is 0.543.